The summed E-state index contributed by atoms with van der Waals surface area (Å²) in [5.74, 6) is -0.824. The summed E-state index contributed by atoms with van der Waals surface area (Å²) in [5, 5.41) is 11.2. The second kappa shape index (κ2) is 9.68. The molecule has 0 spiro atoms. The Labute approximate surface area is 225 Å². The molecule has 39 heavy (non-hydrogen) atoms. The third-order valence-corrected chi connectivity index (χ3v) is 7.26. The van der Waals surface area contributed by atoms with E-state index in [4.69, 9.17) is 13.9 Å². The number of aromatic nitrogens is 1. The van der Waals surface area contributed by atoms with Gasteiger partial charge >= 0.3 is 5.97 Å². The number of hydrogen-bond acceptors (Lipinski definition) is 5. The fourth-order valence-electron chi connectivity index (χ4n) is 5.47. The maximum atomic E-state index is 15.5. The van der Waals surface area contributed by atoms with Crippen LogP contribution < -0.4 is 10.3 Å². The fraction of sp³-hybridized carbons (Fsp3) is 0.355. The molecule has 0 saturated carbocycles. The molecule has 1 N–H and O–H groups in total. The van der Waals surface area contributed by atoms with E-state index in [9.17, 15) is 14.7 Å². The Kier molecular flexibility index (Phi) is 6.63. The number of halogens is 1. The van der Waals surface area contributed by atoms with E-state index in [1.54, 1.807) is 39.2 Å². The van der Waals surface area contributed by atoms with Crippen LogP contribution in [0.15, 0.2) is 45.8 Å². The zero-order valence-electron chi connectivity index (χ0n) is 23.0. The van der Waals surface area contributed by atoms with Gasteiger partial charge < -0.3 is 23.6 Å². The Morgan fingerprint density at radius 2 is 1.87 bits per heavy atom. The standard InChI is InChI=1S/C31H32FNO6/c1-16-19-8-7-12-38-27(19)24(32)15-22(16)25-21-10-9-18(20-11-13-37-17(20)2)14-23(21)29(34)33(6)26(25)28(30(35)36)39-31(3,4)5/h9-11,13-15,28H,7-8,12H2,1-6H3,(H,35,36). The molecule has 204 valence electrons. The van der Waals surface area contributed by atoms with Gasteiger partial charge in [-0.3, -0.25) is 4.79 Å². The predicted molar refractivity (Wildman–Crippen MR) is 147 cm³/mol. The number of aryl methyl sites for hydroxylation is 1. The van der Waals surface area contributed by atoms with Gasteiger partial charge in [-0.15, -0.1) is 0 Å². The first-order valence-corrected chi connectivity index (χ1v) is 13.0. The first kappa shape index (κ1) is 26.7. The van der Waals surface area contributed by atoms with E-state index < -0.39 is 23.5 Å². The molecule has 8 heteroatoms. The molecule has 7 nitrogen and oxygen atoms in total. The minimum absolute atomic E-state index is 0.154. The fourth-order valence-corrected chi connectivity index (χ4v) is 5.47. The second-order valence-corrected chi connectivity index (χ2v) is 11.0. The molecular weight excluding hydrogens is 501 g/mol. The number of furan rings is 1. The SMILES string of the molecule is Cc1occc1-c1ccc2c(-c3cc(F)c4c(c3C)CCCO4)c(C(OC(C)(C)C)C(=O)O)n(C)c(=O)c2c1. The number of aliphatic carboxylic acids is 1. The Morgan fingerprint density at radius 3 is 2.51 bits per heavy atom. The van der Waals surface area contributed by atoms with E-state index in [1.165, 1.54) is 17.7 Å². The molecule has 3 heterocycles. The molecule has 2 aromatic heterocycles. The molecule has 0 amide bonds. The molecule has 1 unspecified atom stereocenters. The third kappa shape index (κ3) is 4.63. The van der Waals surface area contributed by atoms with Crippen molar-refractivity contribution in [1.82, 2.24) is 4.57 Å². The summed E-state index contributed by atoms with van der Waals surface area (Å²) >= 11 is 0. The van der Waals surface area contributed by atoms with Gasteiger partial charge in [0.25, 0.3) is 5.56 Å². The maximum Gasteiger partial charge on any atom is 0.339 e. The Bertz CT molecular complexity index is 1670. The number of carboxylic acid groups (broad SMARTS) is 1. The molecule has 5 rings (SSSR count). The lowest BCUT2D eigenvalue weighted by Gasteiger charge is -2.29. The largest absolute Gasteiger partial charge is 0.490 e. The van der Waals surface area contributed by atoms with Crippen molar-refractivity contribution < 1.29 is 28.2 Å². The highest BCUT2D eigenvalue weighted by Gasteiger charge is 2.34. The molecule has 0 aliphatic carbocycles. The van der Waals surface area contributed by atoms with Gasteiger partial charge in [-0.05, 0) is 87.7 Å². The van der Waals surface area contributed by atoms with Crippen LogP contribution in [-0.4, -0.2) is 27.9 Å². The number of fused-ring (bicyclic) bond motifs is 2. The van der Waals surface area contributed by atoms with Gasteiger partial charge in [-0.1, -0.05) is 12.1 Å². The molecule has 1 aliphatic rings. The number of carbonyl (C=O) groups is 1. The molecule has 2 aromatic carbocycles. The molecule has 0 bridgehead atoms. The molecule has 1 atom stereocenters. The van der Waals surface area contributed by atoms with Crippen LogP contribution in [0.25, 0.3) is 33.0 Å². The van der Waals surface area contributed by atoms with Crippen LogP contribution in [0.1, 0.15) is 55.9 Å². The van der Waals surface area contributed by atoms with Crippen LogP contribution in [0.2, 0.25) is 0 Å². The summed E-state index contributed by atoms with van der Waals surface area (Å²) in [6.07, 6.45) is 1.49. The highest BCUT2D eigenvalue weighted by Crippen LogP contribution is 2.43. The summed E-state index contributed by atoms with van der Waals surface area (Å²) in [5.41, 5.74) is 3.05. The molecule has 0 saturated heterocycles. The van der Waals surface area contributed by atoms with Crippen molar-refractivity contribution in [3.05, 3.63) is 75.3 Å². The van der Waals surface area contributed by atoms with E-state index in [2.05, 4.69) is 0 Å². The van der Waals surface area contributed by atoms with Crippen LogP contribution >= 0.6 is 0 Å². The van der Waals surface area contributed by atoms with Crippen molar-refractivity contribution in [2.75, 3.05) is 6.61 Å². The second-order valence-electron chi connectivity index (χ2n) is 11.0. The Hall–Kier alpha value is -3.91. The quantitative estimate of drug-likeness (QED) is 0.315. The monoisotopic (exact) mass is 533 g/mol. The van der Waals surface area contributed by atoms with Gasteiger partial charge in [0.2, 0.25) is 0 Å². The average molecular weight is 534 g/mol. The van der Waals surface area contributed by atoms with Gasteiger partial charge in [0.05, 0.1) is 24.2 Å². The number of benzene rings is 2. The van der Waals surface area contributed by atoms with Gasteiger partial charge in [0, 0.05) is 29.1 Å². The summed E-state index contributed by atoms with van der Waals surface area (Å²) < 4.78 is 33.9. The van der Waals surface area contributed by atoms with Crippen molar-refractivity contribution in [3.63, 3.8) is 0 Å². The lowest BCUT2D eigenvalue weighted by Crippen LogP contribution is -2.33. The van der Waals surface area contributed by atoms with Gasteiger partial charge in [0.15, 0.2) is 17.7 Å². The number of ether oxygens (including phenoxy) is 2. The van der Waals surface area contributed by atoms with E-state index >= 15 is 4.39 Å². The van der Waals surface area contributed by atoms with Crippen molar-refractivity contribution in [3.8, 4) is 28.0 Å². The summed E-state index contributed by atoms with van der Waals surface area (Å²) in [7, 11) is 1.53. The number of rotatable bonds is 5. The molecular formula is C31H32FNO6. The lowest BCUT2D eigenvalue weighted by molar-refractivity contribution is -0.161. The molecule has 0 fully saturated rings. The van der Waals surface area contributed by atoms with Crippen LogP contribution in [0.3, 0.4) is 0 Å². The number of carboxylic acids is 1. The lowest BCUT2D eigenvalue weighted by atomic mass is 9.87. The number of hydrogen-bond donors (Lipinski definition) is 1. The van der Waals surface area contributed by atoms with Crippen molar-refractivity contribution in [1.29, 1.82) is 0 Å². The topological polar surface area (TPSA) is 90.9 Å². The predicted octanol–water partition coefficient (Wildman–Crippen LogP) is 6.49. The molecule has 4 aromatic rings. The van der Waals surface area contributed by atoms with E-state index in [-0.39, 0.29) is 17.0 Å². The third-order valence-electron chi connectivity index (χ3n) is 7.26. The van der Waals surface area contributed by atoms with E-state index in [1.807, 2.05) is 26.0 Å². The highest BCUT2D eigenvalue weighted by atomic mass is 19.1. The average Bonchev–Trinajstić information content (AvgIpc) is 3.32. The van der Waals surface area contributed by atoms with Gasteiger partial charge in [-0.2, -0.15) is 0 Å². The number of pyridine rings is 1. The van der Waals surface area contributed by atoms with Crippen LogP contribution in [-0.2, 0) is 23.0 Å². The van der Waals surface area contributed by atoms with Crippen molar-refractivity contribution in [2.45, 2.75) is 59.2 Å². The van der Waals surface area contributed by atoms with Crippen LogP contribution in [0.4, 0.5) is 4.39 Å². The Balaban J connectivity index is 1.91. The van der Waals surface area contributed by atoms with Crippen LogP contribution in [0.5, 0.6) is 5.75 Å². The molecule has 1 aliphatic heterocycles. The van der Waals surface area contributed by atoms with Gasteiger partial charge in [-0.25, -0.2) is 9.18 Å². The summed E-state index contributed by atoms with van der Waals surface area (Å²) in [6.45, 7) is 9.42. The molecule has 0 radical (unpaired) electrons. The Morgan fingerprint density at radius 1 is 1.13 bits per heavy atom. The zero-order valence-corrected chi connectivity index (χ0v) is 23.0. The van der Waals surface area contributed by atoms with Crippen molar-refractivity contribution >= 4 is 16.7 Å². The minimum atomic E-state index is -1.48. The number of nitrogens with zero attached hydrogens (tertiary/aromatic N) is 1. The van der Waals surface area contributed by atoms with Crippen molar-refractivity contribution in [2.24, 2.45) is 7.05 Å². The summed E-state index contributed by atoms with van der Waals surface area (Å²) in [4.78, 5) is 26.5. The first-order valence-electron chi connectivity index (χ1n) is 13.0. The van der Waals surface area contributed by atoms with Crippen LogP contribution in [0, 0.1) is 19.7 Å². The van der Waals surface area contributed by atoms with E-state index in [0.717, 1.165) is 28.7 Å². The maximum absolute atomic E-state index is 15.5. The first-order chi connectivity index (χ1) is 18.4. The normalized spacial score (nSPS) is 14.2. The zero-order chi connectivity index (χ0) is 28.2. The summed E-state index contributed by atoms with van der Waals surface area (Å²) in [6, 6.07) is 8.64. The van der Waals surface area contributed by atoms with Gasteiger partial charge in [0.1, 0.15) is 5.76 Å². The smallest absolute Gasteiger partial charge is 0.339 e. The van der Waals surface area contributed by atoms with E-state index in [0.29, 0.717) is 40.7 Å². The highest BCUT2D eigenvalue weighted by molar-refractivity contribution is 6.01. The minimum Gasteiger partial charge on any atom is -0.490 e.